The number of halogens is 1. The van der Waals surface area contributed by atoms with Crippen molar-refractivity contribution in [2.24, 2.45) is 0 Å². The molecule has 0 bridgehead atoms. The fraction of sp³-hybridized carbons (Fsp3) is 0.118. The Kier molecular flexibility index (Phi) is 4.02. The van der Waals surface area contributed by atoms with Gasteiger partial charge >= 0.3 is 0 Å². The highest BCUT2D eigenvalue weighted by Gasteiger charge is 2.11. The summed E-state index contributed by atoms with van der Waals surface area (Å²) in [6.45, 7) is 0. The second-order valence-corrected chi connectivity index (χ2v) is 5.37. The second kappa shape index (κ2) is 6.12. The van der Waals surface area contributed by atoms with E-state index in [-0.39, 0.29) is 12.3 Å². The number of H-pyrrole nitrogens is 1. The fourth-order valence-corrected chi connectivity index (χ4v) is 2.58. The number of fused-ring (bicyclic) bond motifs is 1. The van der Waals surface area contributed by atoms with Gasteiger partial charge in [-0.3, -0.25) is 4.79 Å². The van der Waals surface area contributed by atoms with Crippen LogP contribution in [0.3, 0.4) is 0 Å². The Bertz CT molecular complexity index is 826. The molecule has 3 rings (SSSR count). The van der Waals surface area contributed by atoms with Gasteiger partial charge in [0.2, 0.25) is 5.91 Å². The molecule has 5 heteroatoms. The lowest BCUT2D eigenvalue weighted by molar-refractivity contribution is -0.115. The van der Waals surface area contributed by atoms with Gasteiger partial charge in [-0.25, -0.2) is 0 Å². The first-order chi connectivity index (χ1) is 10.7. The van der Waals surface area contributed by atoms with Gasteiger partial charge < -0.3 is 15.0 Å². The molecular formula is C17H15ClN2O2. The molecule has 0 unspecified atom stereocenters. The van der Waals surface area contributed by atoms with Gasteiger partial charge in [0, 0.05) is 22.1 Å². The lowest BCUT2D eigenvalue weighted by Crippen LogP contribution is -2.14. The van der Waals surface area contributed by atoms with Crippen molar-refractivity contribution in [1.29, 1.82) is 0 Å². The number of hydrogen-bond donors (Lipinski definition) is 2. The summed E-state index contributed by atoms with van der Waals surface area (Å²) >= 11 is 6.02. The molecule has 2 aromatic carbocycles. The summed E-state index contributed by atoms with van der Waals surface area (Å²) < 4.78 is 5.23. The molecule has 0 aliphatic heterocycles. The molecule has 0 spiro atoms. The fourth-order valence-electron chi connectivity index (χ4n) is 2.41. The zero-order chi connectivity index (χ0) is 15.5. The molecule has 4 nitrogen and oxygen atoms in total. The maximum atomic E-state index is 12.3. The Morgan fingerprint density at radius 3 is 2.91 bits per heavy atom. The number of aromatic nitrogens is 1. The van der Waals surface area contributed by atoms with E-state index in [0.717, 1.165) is 16.5 Å². The summed E-state index contributed by atoms with van der Waals surface area (Å²) in [6.07, 6.45) is 2.10. The Morgan fingerprint density at radius 2 is 2.09 bits per heavy atom. The third-order valence-electron chi connectivity index (χ3n) is 3.46. The molecule has 112 valence electrons. The van der Waals surface area contributed by atoms with Crippen molar-refractivity contribution in [3.8, 4) is 5.75 Å². The molecule has 1 aromatic heterocycles. The average Bonchev–Trinajstić information content (AvgIpc) is 2.90. The zero-order valence-corrected chi connectivity index (χ0v) is 12.8. The van der Waals surface area contributed by atoms with Crippen molar-refractivity contribution >= 4 is 34.1 Å². The number of rotatable bonds is 4. The van der Waals surface area contributed by atoms with Gasteiger partial charge in [0.05, 0.1) is 19.2 Å². The molecule has 1 amide bonds. The summed E-state index contributed by atoms with van der Waals surface area (Å²) in [7, 11) is 1.58. The molecule has 0 fully saturated rings. The number of aromatic amines is 1. The number of benzene rings is 2. The number of amides is 1. The summed E-state index contributed by atoms with van der Waals surface area (Å²) in [5, 5.41) is 4.48. The van der Waals surface area contributed by atoms with Gasteiger partial charge in [0.15, 0.2) is 0 Å². The first-order valence-corrected chi connectivity index (χ1v) is 7.23. The number of carbonyl (C=O) groups excluding carboxylic acids is 1. The standard InChI is InChI=1S/C17H15ClN2O2/c1-22-16-5-3-2-4-15(16)20-17(21)8-11-10-19-14-7-6-12(18)9-13(11)14/h2-7,9-10,19H,8H2,1H3,(H,20,21). The normalized spacial score (nSPS) is 10.6. The molecule has 1 heterocycles. The van der Waals surface area contributed by atoms with E-state index in [1.54, 1.807) is 13.2 Å². The number of methoxy groups -OCH3 is 1. The number of hydrogen-bond acceptors (Lipinski definition) is 2. The van der Waals surface area contributed by atoms with E-state index in [0.29, 0.717) is 16.5 Å². The lowest BCUT2D eigenvalue weighted by Gasteiger charge is -2.09. The minimum Gasteiger partial charge on any atom is -0.495 e. The molecule has 0 aliphatic carbocycles. The van der Waals surface area contributed by atoms with E-state index in [1.165, 1.54) is 0 Å². The molecule has 0 radical (unpaired) electrons. The van der Waals surface area contributed by atoms with Crippen molar-refractivity contribution in [3.05, 3.63) is 59.2 Å². The summed E-state index contributed by atoms with van der Waals surface area (Å²) in [4.78, 5) is 15.4. The van der Waals surface area contributed by atoms with Gasteiger partial charge in [0.25, 0.3) is 0 Å². The van der Waals surface area contributed by atoms with E-state index in [9.17, 15) is 4.79 Å². The van der Waals surface area contributed by atoms with E-state index < -0.39 is 0 Å². The van der Waals surface area contributed by atoms with E-state index >= 15 is 0 Å². The lowest BCUT2D eigenvalue weighted by atomic mass is 10.1. The van der Waals surface area contributed by atoms with Gasteiger partial charge in [-0.1, -0.05) is 23.7 Å². The highest BCUT2D eigenvalue weighted by molar-refractivity contribution is 6.31. The molecule has 2 N–H and O–H groups in total. The van der Waals surface area contributed by atoms with Crippen LogP contribution in [0.4, 0.5) is 5.69 Å². The van der Waals surface area contributed by atoms with Gasteiger partial charge in [0.1, 0.15) is 5.75 Å². The summed E-state index contributed by atoms with van der Waals surface area (Å²) in [5.74, 6) is 0.531. The predicted octanol–water partition coefficient (Wildman–Crippen LogP) is 4.01. The number of carbonyl (C=O) groups is 1. The van der Waals surface area contributed by atoms with Crippen LogP contribution in [0.15, 0.2) is 48.7 Å². The van der Waals surface area contributed by atoms with Gasteiger partial charge in [-0.15, -0.1) is 0 Å². The number of nitrogens with one attached hydrogen (secondary N) is 2. The highest BCUT2D eigenvalue weighted by Crippen LogP contribution is 2.25. The van der Waals surface area contributed by atoms with Crippen molar-refractivity contribution < 1.29 is 9.53 Å². The zero-order valence-electron chi connectivity index (χ0n) is 12.0. The molecule has 22 heavy (non-hydrogen) atoms. The Balaban J connectivity index is 1.80. The monoisotopic (exact) mass is 314 g/mol. The molecule has 0 saturated carbocycles. The van der Waals surface area contributed by atoms with Crippen LogP contribution < -0.4 is 10.1 Å². The first-order valence-electron chi connectivity index (χ1n) is 6.86. The van der Waals surface area contributed by atoms with Crippen molar-refractivity contribution in [2.75, 3.05) is 12.4 Å². The quantitative estimate of drug-likeness (QED) is 0.764. The smallest absolute Gasteiger partial charge is 0.228 e. The van der Waals surface area contributed by atoms with Gasteiger partial charge in [-0.2, -0.15) is 0 Å². The van der Waals surface area contributed by atoms with Crippen LogP contribution in [0, 0.1) is 0 Å². The average molecular weight is 315 g/mol. The maximum absolute atomic E-state index is 12.3. The van der Waals surface area contributed by atoms with E-state index in [2.05, 4.69) is 10.3 Å². The molecular weight excluding hydrogens is 300 g/mol. The Labute approximate surface area is 133 Å². The summed E-state index contributed by atoms with van der Waals surface area (Å²) in [5.41, 5.74) is 2.53. The first kappa shape index (κ1) is 14.5. The Hall–Kier alpha value is -2.46. The number of para-hydroxylation sites is 2. The maximum Gasteiger partial charge on any atom is 0.228 e. The molecule has 0 saturated heterocycles. The minimum absolute atomic E-state index is 0.106. The third kappa shape index (κ3) is 2.92. The van der Waals surface area contributed by atoms with E-state index in [1.807, 2.05) is 42.6 Å². The van der Waals surface area contributed by atoms with Crippen LogP contribution in [0.2, 0.25) is 5.02 Å². The van der Waals surface area contributed by atoms with Crippen molar-refractivity contribution in [3.63, 3.8) is 0 Å². The Morgan fingerprint density at radius 1 is 1.27 bits per heavy atom. The van der Waals surface area contributed by atoms with Crippen LogP contribution >= 0.6 is 11.6 Å². The van der Waals surface area contributed by atoms with Crippen molar-refractivity contribution in [2.45, 2.75) is 6.42 Å². The topological polar surface area (TPSA) is 54.1 Å². The van der Waals surface area contributed by atoms with Crippen LogP contribution in [0.1, 0.15) is 5.56 Å². The van der Waals surface area contributed by atoms with Crippen LogP contribution in [0.5, 0.6) is 5.75 Å². The molecule has 0 aliphatic rings. The van der Waals surface area contributed by atoms with Crippen LogP contribution in [-0.4, -0.2) is 18.0 Å². The number of ether oxygens (including phenoxy) is 1. The van der Waals surface area contributed by atoms with E-state index in [4.69, 9.17) is 16.3 Å². The van der Waals surface area contributed by atoms with Gasteiger partial charge in [-0.05, 0) is 35.9 Å². The third-order valence-corrected chi connectivity index (χ3v) is 3.70. The largest absolute Gasteiger partial charge is 0.495 e. The highest BCUT2D eigenvalue weighted by atomic mass is 35.5. The van der Waals surface area contributed by atoms with Crippen LogP contribution in [0.25, 0.3) is 10.9 Å². The second-order valence-electron chi connectivity index (χ2n) is 4.93. The summed E-state index contributed by atoms with van der Waals surface area (Å²) in [6, 6.07) is 12.9. The SMILES string of the molecule is COc1ccccc1NC(=O)Cc1c[nH]c2ccc(Cl)cc12. The molecule has 0 atom stereocenters. The predicted molar refractivity (Wildman–Crippen MR) is 88.6 cm³/mol. The van der Waals surface area contributed by atoms with Crippen molar-refractivity contribution in [1.82, 2.24) is 4.98 Å². The number of anilines is 1. The van der Waals surface area contributed by atoms with Crippen LogP contribution in [-0.2, 0) is 11.2 Å². The molecule has 3 aromatic rings. The minimum atomic E-state index is -0.106.